The second-order valence-corrected chi connectivity index (χ2v) is 2.96. The van der Waals surface area contributed by atoms with Crippen molar-refractivity contribution < 1.29 is 19.7 Å². The van der Waals surface area contributed by atoms with Gasteiger partial charge < -0.3 is 19.7 Å². The molecule has 0 aliphatic carbocycles. The molecule has 1 unspecified atom stereocenters. The van der Waals surface area contributed by atoms with Crippen LogP contribution in [-0.2, 0) is 9.47 Å². The highest BCUT2D eigenvalue weighted by molar-refractivity contribution is 5.05. The molecule has 4 heteroatoms. The van der Waals surface area contributed by atoms with Crippen molar-refractivity contribution in [2.24, 2.45) is 0 Å². The Hall–Kier alpha value is -0.740. The number of hydrogen-bond donors (Lipinski definition) is 2. The van der Waals surface area contributed by atoms with Crippen LogP contribution in [0.4, 0.5) is 0 Å². The highest BCUT2D eigenvalue weighted by atomic mass is 16.8. The standard InChI is InChI=1S/C7H12O4/c1-4-5(8)10-7(2,3)11-6(4)9/h5,8-9H,1-3H3. The lowest BCUT2D eigenvalue weighted by Crippen LogP contribution is -2.38. The smallest absolute Gasteiger partial charge is 0.283 e. The maximum atomic E-state index is 9.16. The van der Waals surface area contributed by atoms with Gasteiger partial charge in [0.1, 0.15) is 0 Å². The Labute approximate surface area is 65.0 Å². The van der Waals surface area contributed by atoms with Gasteiger partial charge in [0.2, 0.25) is 5.79 Å². The van der Waals surface area contributed by atoms with E-state index in [1.54, 1.807) is 13.8 Å². The SMILES string of the molecule is CC1=C(O)OC(C)(C)OC1O. The van der Waals surface area contributed by atoms with E-state index in [0.717, 1.165) is 0 Å². The topological polar surface area (TPSA) is 58.9 Å². The monoisotopic (exact) mass is 160 g/mol. The Morgan fingerprint density at radius 1 is 1.45 bits per heavy atom. The summed E-state index contributed by atoms with van der Waals surface area (Å²) in [5, 5.41) is 18.3. The second kappa shape index (κ2) is 2.39. The maximum Gasteiger partial charge on any atom is 0.283 e. The Kier molecular flexibility index (Phi) is 1.82. The quantitative estimate of drug-likeness (QED) is 0.552. The van der Waals surface area contributed by atoms with Crippen LogP contribution in [-0.4, -0.2) is 22.3 Å². The molecule has 0 fully saturated rings. The van der Waals surface area contributed by atoms with Gasteiger partial charge in [-0.3, -0.25) is 0 Å². The summed E-state index contributed by atoms with van der Waals surface area (Å²) >= 11 is 0. The van der Waals surface area contributed by atoms with Crippen LogP contribution >= 0.6 is 0 Å². The molecule has 64 valence electrons. The molecule has 0 aromatic heterocycles. The first-order chi connectivity index (χ1) is 4.92. The first-order valence-corrected chi connectivity index (χ1v) is 3.37. The number of rotatable bonds is 0. The van der Waals surface area contributed by atoms with Gasteiger partial charge in [0, 0.05) is 13.8 Å². The van der Waals surface area contributed by atoms with Gasteiger partial charge >= 0.3 is 0 Å². The summed E-state index contributed by atoms with van der Waals surface area (Å²) in [6.45, 7) is 4.76. The molecular formula is C7H12O4. The zero-order chi connectivity index (χ0) is 8.65. The predicted molar refractivity (Wildman–Crippen MR) is 37.6 cm³/mol. The first-order valence-electron chi connectivity index (χ1n) is 3.37. The fourth-order valence-electron chi connectivity index (χ4n) is 0.800. The molecule has 1 rings (SSSR count). The van der Waals surface area contributed by atoms with E-state index in [-0.39, 0.29) is 5.95 Å². The lowest BCUT2D eigenvalue weighted by atomic mass is 10.2. The van der Waals surface area contributed by atoms with Crippen LogP contribution in [0.15, 0.2) is 11.5 Å². The van der Waals surface area contributed by atoms with Crippen molar-refractivity contribution in [3.63, 3.8) is 0 Å². The summed E-state index contributed by atoms with van der Waals surface area (Å²) in [5.41, 5.74) is 0.296. The van der Waals surface area contributed by atoms with Crippen molar-refractivity contribution in [3.05, 3.63) is 11.5 Å². The van der Waals surface area contributed by atoms with Gasteiger partial charge in [0.25, 0.3) is 5.95 Å². The molecule has 0 aromatic rings. The molecule has 2 N–H and O–H groups in total. The molecule has 0 spiro atoms. The van der Waals surface area contributed by atoms with Crippen molar-refractivity contribution in [2.45, 2.75) is 32.8 Å². The van der Waals surface area contributed by atoms with E-state index >= 15 is 0 Å². The minimum Gasteiger partial charge on any atom is -0.481 e. The minimum absolute atomic E-state index is 0.256. The summed E-state index contributed by atoms with van der Waals surface area (Å²) in [7, 11) is 0. The van der Waals surface area contributed by atoms with E-state index in [4.69, 9.17) is 19.7 Å². The summed E-state index contributed by atoms with van der Waals surface area (Å²) in [5.74, 6) is -1.21. The maximum absolute atomic E-state index is 9.16. The zero-order valence-corrected chi connectivity index (χ0v) is 6.79. The molecule has 0 amide bonds. The summed E-state index contributed by atoms with van der Waals surface area (Å²) in [6, 6.07) is 0. The molecule has 1 aliphatic rings. The number of ether oxygens (including phenoxy) is 2. The highest BCUT2D eigenvalue weighted by Crippen LogP contribution is 2.26. The van der Waals surface area contributed by atoms with Crippen molar-refractivity contribution in [1.29, 1.82) is 0 Å². The Morgan fingerprint density at radius 3 is 2.45 bits per heavy atom. The molecule has 0 saturated carbocycles. The number of aliphatic hydroxyl groups excluding tert-OH is 2. The van der Waals surface area contributed by atoms with Gasteiger partial charge in [0.05, 0.1) is 5.57 Å². The van der Waals surface area contributed by atoms with E-state index in [0.29, 0.717) is 5.57 Å². The Morgan fingerprint density at radius 2 is 2.00 bits per heavy atom. The van der Waals surface area contributed by atoms with E-state index in [1.165, 1.54) is 6.92 Å². The molecule has 0 aromatic carbocycles. The summed E-state index contributed by atoms with van der Waals surface area (Å²) < 4.78 is 9.88. The fraction of sp³-hybridized carbons (Fsp3) is 0.714. The van der Waals surface area contributed by atoms with Crippen molar-refractivity contribution in [2.75, 3.05) is 0 Å². The van der Waals surface area contributed by atoms with Gasteiger partial charge in [-0.25, -0.2) is 0 Å². The predicted octanol–water partition coefficient (Wildman–Crippen LogP) is 0.877. The molecule has 11 heavy (non-hydrogen) atoms. The molecule has 0 saturated heterocycles. The summed E-state index contributed by atoms with van der Waals surface area (Å²) in [4.78, 5) is 0. The van der Waals surface area contributed by atoms with Crippen LogP contribution in [0.5, 0.6) is 0 Å². The van der Waals surface area contributed by atoms with Gasteiger partial charge in [-0.05, 0) is 6.92 Å². The number of aliphatic hydroxyl groups is 2. The third-order valence-corrected chi connectivity index (χ3v) is 1.45. The molecule has 1 atom stereocenters. The van der Waals surface area contributed by atoms with E-state index in [9.17, 15) is 0 Å². The number of hydrogen-bond acceptors (Lipinski definition) is 4. The van der Waals surface area contributed by atoms with Gasteiger partial charge in [-0.15, -0.1) is 0 Å². The molecule has 0 bridgehead atoms. The highest BCUT2D eigenvalue weighted by Gasteiger charge is 2.33. The Balaban J connectivity index is 2.85. The van der Waals surface area contributed by atoms with Crippen LogP contribution in [0.3, 0.4) is 0 Å². The van der Waals surface area contributed by atoms with Gasteiger partial charge in [-0.1, -0.05) is 0 Å². The van der Waals surface area contributed by atoms with Gasteiger partial charge in [0.15, 0.2) is 6.29 Å². The molecule has 4 nitrogen and oxygen atoms in total. The van der Waals surface area contributed by atoms with Crippen LogP contribution in [0.25, 0.3) is 0 Å². The van der Waals surface area contributed by atoms with Crippen LogP contribution in [0.2, 0.25) is 0 Å². The lowest BCUT2D eigenvalue weighted by Gasteiger charge is -2.33. The Bertz CT molecular complexity index is 195. The third kappa shape index (κ3) is 1.64. The third-order valence-electron chi connectivity index (χ3n) is 1.45. The normalized spacial score (nSPS) is 30.0. The van der Waals surface area contributed by atoms with Crippen molar-refractivity contribution in [1.82, 2.24) is 0 Å². The molecule has 1 heterocycles. The second-order valence-electron chi connectivity index (χ2n) is 2.96. The van der Waals surface area contributed by atoms with E-state index in [2.05, 4.69) is 0 Å². The van der Waals surface area contributed by atoms with Crippen LogP contribution < -0.4 is 0 Å². The molecule has 1 aliphatic heterocycles. The largest absolute Gasteiger partial charge is 0.481 e. The van der Waals surface area contributed by atoms with Crippen molar-refractivity contribution >= 4 is 0 Å². The summed E-state index contributed by atoms with van der Waals surface area (Å²) in [6.07, 6.45) is -1.07. The van der Waals surface area contributed by atoms with Crippen LogP contribution in [0.1, 0.15) is 20.8 Å². The fourth-order valence-corrected chi connectivity index (χ4v) is 0.800. The minimum atomic E-state index is -1.07. The zero-order valence-electron chi connectivity index (χ0n) is 6.79. The van der Waals surface area contributed by atoms with E-state index in [1.807, 2.05) is 0 Å². The molecule has 0 radical (unpaired) electrons. The van der Waals surface area contributed by atoms with Crippen LogP contribution in [0, 0.1) is 0 Å². The molecular weight excluding hydrogens is 148 g/mol. The average Bonchev–Trinajstić information content (AvgIpc) is 1.81. The van der Waals surface area contributed by atoms with Gasteiger partial charge in [-0.2, -0.15) is 0 Å². The van der Waals surface area contributed by atoms with Crippen molar-refractivity contribution in [3.8, 4) is 0 Å². The lowest BCUT2D eigenvalue weighted by molar-refractivity contribution is -0.288. The van der Waals surface area contributed by atoms with E-state index < -0.39 is 12.1 Å². The first kappa shape index (κ1) is 8.36. The average molecular weight is 160 g/mol.